The number of hydrogen-bond acceptors (Lipinski definition) is 4. The Balaban J connectivity index is 2.11. The number of carbonyl (C=O) groups is 2. The number of nitrogens with zero attached hydrogens (tertiary/aromatic N) is 1. The highest BCUT2D eigenvalue weighted by atomic mass is 32.1. The molecule has 22 heavy (non-hydrogen) atoms. The summed E-state index contributed by atoms with van der Waals surface area (Å²) in [6.45, 7) is 1.99. The Hall–Kier alpha value is -2.65. The molecule has 112 valence electrons. The lowest BCUT2D eigenvalue weighted by molar-refractivity contribution is 0.0951. The summed E-state index contributed by atoms with van der Waals surface area (Å²) >= 11 is 1.43. The number of nitrogens with one attached hydrogen (secondary N) is 2. The Bertz CT molecular complexity index is 704. The largest absolute Gasteiger partial charge is 0.351 e. The smallest absolute Gasteiger partial charge is 0.256 e. The maximum absolute atomic E-state index is 12.2. The van der Waals surface area contributed by atoms with Crippen molar-refractivity contribution in [3.05, 3.63) is 52.2 Å². The third-order valence-corrected chi connectivity index (χ3v) is 3.68. The Kier molecular flexibility index (Phi) is 5.28. The Labute approximate surface area is 132 Å². The van der Waals surface area contributed by atoms with Crippen molar-refractivity contribution in [1.82, 2.24) is 5.32 Å². The third kappa shape index (κ3) is 3.93. The van der Waals surface area contributed by atoms with Gasteiger partial charge in [-0.05, 0) is 30.5 Å². The lowest BCUT2D eigenvalue weighted by Crippen LogP contribution is -2.28. The zero-order valence-corrected chi connectivity index (χ0v) is 12.8. The number of carbonyl (C=O) groups excluding carboxylic acids is 2. The Morgan fingerprint density at radius 1 is 1.27 bits per heavy atom. The molecular formula is C16H15N3O2S. The summed E-state index contributed by atoms with van der Waals surface area (Å²) < 4.78 is 0. The number of benzene rings is 1. The first kappa shape index (κ1) is 15.7. The molecule has 2 amide bonds. The Morgan fingerprint density at radius 3 is 2.73 bits per heavy atom. The zero-order chi connectivity index (χ0) is 15.9. The van der Waals surface area contributed by atoms with Crippen molar-refractivity contribution < 1.29 is 9.59 Å². The van der Waals surface area contributed by atoms with Crippen LogP contribution in [-0.4, -0.2) is 18.4 Å². The first-order chi connectivity index (χ1) is 10.6. The van der Waals surface area contributed by atoms with Crippen LogP contribution in [0.5, 0.6) is 0 Å². The van der Waals surface area contributed by atoms with E-state index >= 15 is 0 Å². The van der Waals surface area contributed by atoms with E-state index in [4.69, 9.17) is 5.26 Å². The number of rotatable bonds is 5. The molecule has 0 fully saturated rings. The van der Waals surface area contributed by atoms with Crippen LogP contribution in [-0.2, 0) is 0 Å². The van der Waals surface area contributed by atoms with Gasteiger partial charge in [0.1, 0.15) is 0 Å². The van der Waals surface area contributed by atoms with Crippen LogP contribution in [0.2, 0.25) is 0 Å². The van der Waals surface area contributed by atoms with Gasteiger partial charge >= 0.3 is 0 Å². The van der Waals surface area contributed by atoms with Crippen LogP contribution >= 0.6 is 11.3 Å². The monoisotopic (exact) mass is 313 g/mol. The summed E-state index contributed by atoms with van der Waals surface area (Å²) in [6.07, 6.45) is 0. The fourth-order valence-electron chi connectivity index (χ4n) is 1.76. The molecule has 1 unspecified atom stereocenters. The molecular weight excluding hydrogens is 298 g/mol. The molecule has 2 rings (SSSR count). The molecule has 0 saturated carbocycles. The van der Waals surface area contributed by atoms with Gasteiger partial charge < -0.3 is 10.6 Å². The Morgan fingerprint density at radius 2 is 2.05 bits per heavy atom. The maximum Gasteiger partial charge on any atom is 0.256 e. The van der Waals surface area contributed by atoms with Gasteiger partial charge in [-0.15, -0.1) is 0 Å². The molecule has 2 aromatic rings. The standard InChI is InChI=1S/C16H15N3O2S/c1-11(8-17)9-18-16(21)13-4-2-3-5-14(13)19-15(20)12-6-7-22-10-12/h2-7,10-11H,9H2,1H3,(H,18,21)(H,19,20). The number of nitriles is 1. The zero-order valence-electron chi connectivity index (χ0n) is 12.0. The van der Waals surface area contributed by atoms with Crippen LogP contribution < -0.4 is 10.6 Å². The molecule has 6 heteroatoms. The second kappa shape index (κ2) is 7.38. The molecule has 1 aromatic carbocycles. The van der Waals surface area contributed by atoms with Gasteiger partial charge in [-0.2, -0.15) is 16.6 Å². The second-order valence-electron chi connectivity index (χ2n) is 4.75. The van der Waals surface area contributed by atoms with E-state index in [0.29, 0.717) is 16.8 Å². The van der Waals surface area contributed by atoms with Gasteiger partial charge in [0.2, 0.25) is 0 Å². The van der Waals surface area contributed by atoms with E-state index in [1.165, 1.54) is 11.3 Å². The first-order valence-corrected chi connectivity index (χ1v) is 7.66. The number of thiophene rings is 1. The van der Waals surface area contributed by atoms with E-state index < -0.39 is 0 Å². The highest BCUT2D eigenvalue weighted by Gasteiger charge is 2.14. The molecule has 1 heterocycles. The number of hydrogen-bond donors (Lipinski definition) is 2. The van der Waals surface area contributed by atoms with Crippen molar-refractivity contribution in [3.8, 4) is 6.07 Å². The maximum atomic E-state index is 12.2. The van der Waals surface area contributed by atoms with E-state index in [-0.39, 0.29) is 24.3 Å². The molecule has 0 aliphatic carbocycles. The van der Waals surface area contributed by atoms with Gasteiger partial charge in [0.05, 0.1) is 28.8 Å². The molecule has 0 bridgehead atoms. The minimum absolute atomic E-state index is 0.258. The van der Waals surface area contributed by atoms with Crippen molar-refractivity contribution in [2.24, 2.45) is 5.92 Å². The van der Waals surface area contributed by atoms with E-state index in [9.17, 15) is 9.59 Å². The van der Waals surface area contributed by atoms with Gasteiger partial charge in [0.25, 0.3) is 11.8 Å². The molecule has 0 saturated heterocycles. The van der Waals surface area contributed by atoms with Crippen molar-refractivity contribution in [2.45, 2.75) is 6.92 Å². The van der Waals surface area contributed by atoms with Gasteiger partial charge in [0.15, 0.2) is 0 Å². The lowest BCUT2D eigenvalue weighted by Gasteiger charge is -2.11. The number of anilines is 1. The van der Waals surface area contributed by atoms with Gasteiger partial charge in [-0.1, -0.05) is 12.1 Å². The number of amides is 2. The fourth-order valence-corrected chi connectivity index (χ4v) is 2.40. The van der Waals surface area contributed by atoms with Crippen molar-refractivity contribution >= 4 is 28.8 Å². The van der Waals surface area contributed by atoms with E-state index in [0.717, 1.165) is 0 Å². The summed E-state index contributed by atoms with van der Waals surface area (Å²) in [6, 6.07) is 10.6. The molecule has 5 nitrogen and oxygen atoms in total. The summed E-state index contributed by atoms with van der Waals surface area (Å²) in [5, 5.41) is 17.7. The van der Waals surface area contributed by atoms with Crippen molar-refractivity contribution in [2.75, 3.05) is 11.9 Å². The summed E-state index contributed by atoms with van der Waals surface area (Å²) in [5.74, 6) is -0.841. The minimum atomic E-state index is -0.316. The summed E-state index contributed by atoms with van der Waals surface area (Å²) in [4.78, 5) is 24.3. The molecule has 2 N–H and O–H groups in total. The molecule has 0 spiro atoms. The van der Waals surface area contributed by atoms with Gasteiger partial charge in [0, 0.05) is 11.9 Å². The normalized spacial score (nSPS) is 11.3. The van der Waals surface area contributed by atoms with Crippen LogP contribution in [0.4, 0.5) is 5.69 Å². The molecule has 0 aliphatic rings. The molecule has 1 atom stereocenters. The fraction of sp³-hybridized carbons (Fsp3) is 0.188. The van der Waals surface area contributed by atoms with Crippen molar-refractivity contribution in [1.29, 1.82) is 5.26 Å². The minimum Gasteiger partial charge on any atom is -0.351 e. The average molecular weight is 313 g/mol. The van der Waals surface area contributed by atoms with Crippen LogP contribution in [0.15, 0.2) is 41.1 Å². The lowest BCUT2D eigenvalue weighted by atomic mass is 10.1. The highest BCUT2D eigenvalue weighted by Crippen LogP contribution is 2.17. The topological polar surface area (TPSA) is 82.0 Å². The quantitative estimate of drug-likeness (QED) is 0.890. The van der Waals surface area contributed by atoms with Crippen LogP contribution in [0, 0.1) is 17.2 Å². The van der Waals surface area contributed by atoms with Crippen LogP contribution in [0.3, 0.4) is 0 Å². The van der Waals surface area contributed by atoms with Crippen molar-refractivity contribution in [3.63, 3.8) is 0 Å². The van der Waals surface area contributed by atoms with E-state index in [1.807, 2.05) is 5.38 Å². The van der Waals surface area contributed by atoms with Gasteiger partial charge in [-0.3, -0.25) is 9.59 Å². The predicted octanol–water partition coefficient (Wildman–Crippen LogP) is 2.89. The summed E-state index contributed by atoms with van der Waals surface area (Å²) in [5.41, 5.74) is 1.37. The molecule has 0 aliphatic heterocycles. The second-order valence-corrected chi connectivity index (χ2v) is 5.53. The van der Waals surface area contributed by atoms with E-state index in [1.54, 1.807) is 42.6 Å². The highest BCUT2D eigenvalue weighted by molar-refractivity contribution is 7.08. The van der Waals surface area contributed by atoms with E-state index in [2.05, 4.69) is 16.7 Å². The predicted molar refractivity (Wildman–Crippen MR) is 85.8 cm³/mol. The molecule has 0 radical (unpaired) electrons. The van der Waals surface area contributed by atoms with Gasteiger partial charge in [-0.25, -0.2) is 0 Å². The van der Waals surface area contributed by atoms with Crippen LogP contribution in [0.25, 0.3) is 0 Å². The summed E-state index contributed by atoms with van der Waals surface area (Å²) in [7, 11) is 0. The number of para-hydroxylation sites is 1. The first-order valence-electron chi connectivity index (χ1n) is 6.72. The third-order valence-electron chi connectivity index (χ3n) is 2.99. The van der Waals surface area contributed by atoms with Crippen LogP contribution in [0.1, 0.15) is 27.6 Å². The SMILES string of the molecule is CC(C#N)CNC(=O)c1ccccc1NC(=O)c1ccsc1. The molecule has 1 aromatic heterocycles. The average Bonchev–Trinajstić information content (AvgIpc) is 3.07.